The highest BCUT2D eigenvalue weighted by Gasteiger charge is 2.17. The first kappa shape index (κ1) is 14.7. The van der Waals surface area contributed by atoms with E-state index in [0.29, 0.717) is 19.0 Å². The Bertz CT molecular complexity index is 660. The maximum Gasteiger partial charge on any atom is 0.329 e. The van der Waals surface area contributed by atoms with Gasteiger partial charge < -0.3 is 10.6 Å². The fraction of sp³-hybridized carbons (Fsp3) is 0.286. The van der Waals surface area contributed by atoms with E-state index in [1.165, 1.54) is 5.56 Å². The number of nitro groups is 1. The number of anilines is 2. The van der Waals surface area contributed by atoms with Crippen LogP contribution in [0.25, 0.3) is 0 Å². The number of nitrogens with two attached hydrogens (primary N) is 1. The van der Waals surface area contributed by atoms with E-state index in [1.54, 1.807) is 0 Å². The molecular formula is C14H17N5O2. The summed E-state index contributed by atoms with van der Waals surface area (Å²) >= 11 is 0. The Kier molecular flexibility index (Phi) is 4.32. The van der Waals surface area contributed by atoms with Crippen molar-refractivity contribution in [3.05, 3.63) is 51.7 Å². The second kappa shape index (κ2) is 6.17. The highest BCUT2D eigenvalue weighted by Crippen LogP contribution is 2.21. The van der Waals surface area contributed by atoms with Crippen LogP contribution in [-0.2, 0) is 6.54 Å². The number of nitrogen functional groups attached to an aromatic ring is 1. The minimum Gasteiger partial charge on any atom is -0.378 e. The molecule has 0 aliphatic carbocycles. The first-order chi connectivity index (χ1) is 10.0. The molecule has 0 aliphatic heterocycles. The van der Waals surface area contributed by atoms with Crippen molar-refractivity contribution < 1.29 is 4.92 Å². The fourth-order valence-corrected chi connectivity index (χ4v) is 1.99. The van der Waals surface area contributed by atoms with E-state index >= 15 is 0 Å². The molecule has 0 fully saturated rings. The lowest BCUT2D eigenvalue weighted by Gasteiger charge is -2.21. The average molecular weight is 287 g/mol. The third-order valence-electron chi connectivity index (χ3n) is 3.27. The van der Waals surface area contributed by atoms with Crippen LogP contribution in [0, 0.1) is 17.0 Å². The lowest BCUT2D eigenvalue weighted by Crippen LogP contribution is -2.25. The zero-order valence-electron chi connectivity index (χ0n) is 12.0. The third-order valence-corrected chi connectivity index (χ3v) is 3.27. The summed E-state index contributed by atoms with van der Waals surface area (Å²) in [5, 5.41) is 10.7. The van der Waals surface area contributed by atoms with E-state index in [4.69, 9.17) is 5.73 Å². The quantitative estimate of drug-likeness (QED) is 0.669. The zero-order valence-corrected chi connectivity index (χ0v) is 12.0. The summed E-state index contributed by atoms with van der Waals surface area (Å²) < 4.78 is 0. The van der Waals surface area contributed by atoms with Gasteiger partial charge in [0.1, 0.15) is 6.20 Å². The number of hydrogen-bond acceptors (Lipinski definition) is 6. The summed E-state index contributed by atoms with van der Waals surface area (Å²) in [6.07, 6.45) is 1.15. The van der Waals surface area contributed by atoms with E-state index in [1.807, 2.05) is 43.0 Å². The number of rotatable bonds is 5. The molecule has 0 spiro atoms. The molecule has 110 valence electrons. The van der Waals surface area contributed by atoms with Gasteiger partial charge in [-0.25, -0.2) is 4.98 Å². The monoisotopic (exact) mass is 287 g/mol. The lowest BCUT2D eigenvalue weighted by atomic mass is 10.1. The van der Waals surface area contributed by atoms with Gasteiger partial charge in [0.05, 0.1) is 4.92 Å². The van der Waals surface area contributed by atoms with Gasteiger partial charge in [-0.3, -0.25) is 10.1 Å². The van der Waals surface area contributed by atoms with Crippen molar-refractivity contribution in [1.82, 2.24) is 9.97 Å². The van der Waals surface area contributed by atoms with Crippen molar-refractivity contribution in [1.29, 1.82) is 0 Å². The van der Waals surface area contributed by atoms with E-state index in [-0.39, 0.29) is 11.5 Å². The molecule has 2 rings (SSSR count). The van der Waals surface area contributed by atoms with Crippen molar-refractivity contribution in [3.8, 4) is 0 Å². The standard InChI is InChI=1S/C14H17N5O2/c1-3-18(9-11-7-5-4-6-10(11)2)14-16-8-12(19(20)21)13(15)17-14/h4-8H,3,9H2,1-2H3,(H2,15,16,17). The topological polar surface area (TPSA) is 98.2 Å². The van der Waals surface area contributed by atoms with Gasteiger partial charge in [0.15, 0.2) is 0 Å². The molecule has 2 aromatic rings. The Morgan fingerprint density at radius 1 is 1.38 bits per heavy atom. The fourth-order valence-electron chi connectivity index (χ4n) is 1.99. The minimum atomic E-state index is -0.587. The van der Waals surface area contributed by atoms with E-state index in [0.717, 1.165) is 11.8 Å². The minimum absolute atomic E-state index is 0.117. The van der Waals surface area contributed by atoms with Crippen LogP contribution in [0.2, 0.25) is 0 Å². The molecule has 0 saturated heterocycles. The summed E-state index contributed by atoms with van der Waals surface area (Å²) in [6, 6.07) is 8.03. The number of nitrogens with zero attached hydrogens (tertiary/aromatic N) is 4. The second-order valence-electron chi connectivity index (χ2n) is 4.64. The summed E-state index contributed by atoms with van der Waals surface area (Å²) in [6.45, 7) is 5.31. The molecule has 21 heavy (non-hydrogen) atoms. The van der Waals surface area contributed by atoms with Crippen LogP contribution in [0.5, 0.6) is 0 Å². The molecule has 0 unspecified atom stereocenters. The molecule has 0 atom stereocenters. The Morgan fingerprint density at radius 2 is 2.10 bits per heavy atom. The molecule has 2 N–H and O–H groups in total. The van der Waals surface area contributed by atoms with Gasteiger partial charge in [-0.05, 0) is 25.0 Å². The van der Waals surface area contributed by atoms with E-state index < -0.39 is 4.92 Å². The van der Waals surface area contributed by atoms with Gasteiger partial charge in [-0.1, -0.05) is 24.3 Å². The molecule has 0 radical (unpaired) electrons. The second-order valence-corrected chi connectivity index (χ2v) is 4.64. The van der Waals surface area contributed by atoms with Crippen molar-refractivity contribution in [2.24, 2.45) is 0 Å². The molecule has 0 aliphatic rings. The molecular weight excluding hydrogens is 270 g/mol. The van der Waals surface area contributed by atoms with E-state index in [2.05, 4.69) is 9.97 Å². The Labute approximate surface area is 122 Å². The number of benzene rings is 1. The number of aromatic nitrogens is 2. The van der Waals surface area contributed by atoms with E-state index in [9.17, 15) is 10.1 Å². The first-order valence-electron chi connectivity index (χ1n) is 6.59. The van der Waals surface area contributed by atoms with Crippen molar-refractivity contribution in [2.45, 2.75) is 20.4 Å². The maximum atomic E-state index is 10.7. The molecule has 0 amide bonds. The molecule has 0 saturated carbocycles. The first-order valence-corrected chi connectivity index (χ1v) is 6.59. The predicted octanol–water partition coefficient (Wildman–Crippen LogP) is 2.30. The highest BCUT2D eigenvalue weighted by atomic mass is 16.6. The van der Waals surface area contributed by atoms with Crippen LogP contribution in [0.1, 0.15) is 18.1 Å². The number of aryl methyl sites for hydroxylation is 1. The molecule has 7 nitrogen and oxygen atoms in total. The summed E-state index contributed by atoms with van der Waals surface area (Å²) in [4.78, 5) is 20.2. The third kappa shape index (κ3) is 3.25. The summed E-state index contributed by atoms with van der Waals surface area (Å²) in [5.74, 6) is 0.275. The van der Waals surface area contributed by atoms with Gasteiger partial charge in [0, 0.05) is 13.1 Å². The van der Waals surface area contributed by atoms with Gasteiger partial charge in [-0.2, -0.15) is 4.98 Å². The molecule has 0 bridgehead atoms. The van der Waals surface area contributed by atoms with Crippen molar-refractivity contribution in [2.75, 3.05) is 17.2 Å². The van der Waals surface area contributed by atoms with Gasteiger partial charge >= 0.3 is 5.69 Å². The Hall–Kier alpha value is -2.70. The molecule has 1 aromatic carbocycles. The SMILES string of the molecule is CCN(Cc1ccccc1C)c1ncc([N+](=O)[O-])c(N)n1. The number of hydrogen-bond donors (Lipinski definition) is 1. The predicted molar refractivity (Wildman–Crippen MR) is 81.0 cm³/mol. The van der Waals surface area contributed by atoms with Gasteiger partial charge in [0.25, 0.3) is 0 Å². The van der Waals surface area contributed by atoms with Crippen LogP contribution in [0.15, 0.2) is 30.5 Å². The largest absolute Gasteiger partial charge is 0.378 e. The van der Waals surface area contributed by atoms with Crippen LogP contribution >= 0.6 is 0 Å². The molecule has 1 heterocycles. The Balaban J connectivity index is 2.28. The molecule has 7 heteroatoms. The van der Waals surface area contributed by atoms with Crippen LogP contribution in [-0.4, -0.2) is 21.4 Å². The van der Waals surface area contributed by atoms with Gasteiger partial charge in [-0.15, -0.1) is 0 Å². The van der Waals surface area contributed by atoms with Crippen LogP contribution in [0.3, 0.4) is 0 Å². The van der Waals surface area contributed by atoms with Crippen molar-refractivity contribution in [3.63, 3.8) is 0 Å². The summed E-state index contributed by atoms with van der Waals surface area (Å²) in [5.41, 5.74) is 7.67. The summed E-state index contributed by atoms with van der Waals surface area (Å²) in [7, 11) is 0. The Morgan fingerprint density at radius 3 is 2.67 bits per heavy atom. The average Bonchev–Trinajstić information content (AvgIpc) is 2.46. The van der Waals surface area contributed by atoms with Gasteiger partial charge in [0.2, 0.25) is 11.8 Å². The van der Waals surface area contributed by atoms with Crippen molar-refractivity contribution >= 4 is 17.5 Å². The van der Waals surface area contributed by atoms with Crippen LogP contribution < -0.4 is 10.6 Å². The normalized spacial score (nSPS) is 10.4. The lowest BCUT2D eigenvalue weighted by molar-refractivity contribution is -0.384. The van der Waals surface area contributed by atoms with Crippen LogP contribution in [0.4, 0.5) is 17.5 Å². The smallest absolute Gasteiger partial charge is 0.329 e. The highest BCUT2D eigenvalue weighted by molar-refractivity contribution is 5.54. The zero-order chi connectivity index (χ0) is 15.4. The maximum absolute atomic E-state index is 10.7. The molecule has 1 aromatic heterocycles.